The standard InChI is InChI=1S/C20H15N3OS/c1-14-4-7-16(8-5-14)18-13-25-20-22-17(11-19(24)23(18)20)9-6-15-3-2-10-21-12-15/h2-13H,1H3/b9-6+. The number of benzene rings is 1. The Hall–Kier alpha value is -3.05. The van der Waals surface area contributed by atoms with Crippen LogP contribution in [0.5, 0.6) is 0 Å². The van der Waals surface area contributed by atoms with Gasteiger partial charge in [0.2, 0.25) is 0 Å². The van der Waals surface area contributed by atoms with E-state index in [0.717, 1.165) is 16.8 Å². The molecule has 0 aliphatic heterocycles. The zero-order chi connectivity index (χ0) is 17.2. The molecule has 25 heavy (non-hydrogen) atoms. The van der Waals surface area contributed by atoms with Crippen LogP contribution in [0.2, 0.25) is 0 Å². The maximum absolute atomic E-state index is 12.6. The smallest absolute Gasteiger partial charge is 0.259 e. The molecule has 0 aliphatic rings. The van der Waals surface area contributed by atoms with E-state index in [1.165, 1.54) is 16.9 Å². The average Bonchev–Trinajstić information content (AvgIpc) is 3.06. The lowest BCUT2D eigenvalue weighted by Crippen LogP contribution is -2.13. The number of rotatable bonds is 3. The molecule has 0 fully saturated rings. The number of fused-ring (bicyclic) bond motifs is 1. The molecule has 0 spiro atoms. The number of pyridine rings is 1. The Morgan fingerprint density at radius 1 is 1.12 bits per heavy atom. The zero-order valence-corrected chi connectivity index (χ0v) is 14.4. The summed E-state index contributed by atoms with van der Waals surface area (Å²) in [5.74, 6) is 0. The van der Waals surface area contributed by atoms with E-state index >= 15 is 0 Å². The van der Waals surface area contributed by atoms with E-state index in [4.69, 9.17) is 0 Å². The summed E-state index contributed by atoms with van der Waals surface area (Å²) < 4.78 is 1.66. The van der Waals surface area contributed by atoms with Gasteiger partial charge in [0.15, 0.2) is 4.96 Å². The van der Waals surface area contributed by atoms with Crippen LogP contribution in [0.15, 0.2) is 65.0 Å². The van der Waals surface area contributed by atoms with Crippen molar-refractivity contribution >= 4 is 28.4 Å². The van der Waals surface area contributed by atoms with Gasteiger partial charge < -0.3 is 0 Å². The van der Waals surface area contributed by atoms with Crippen molar-refractivity contribution in [1.29, 1.82) is 0 Å². The molecule has 4 rings (SSSR count). The van der Waals surface area contributed by atoms with E-state index in [0.29, 0.717) is 10.7 Å². The fraction of sp³-hybridized carbons (Fsp3) is 0.0500. The second-order valence-electron chi connectivity index (χ2n) is 5.74. The topological polar surface area (TPSA) is 47.3 Å². The van der Waals surface area contributed by atoms with Gasteiger partial charge >= 0.3 is 0 Å². The summed E-state index contributed by atoms with van der Waals surface area (Å²) in [7, 11) is 0. The fourth-order valence-electron chi connectivity index (χ4n) is 2.60. The van der Waals surface area contributed by atoms with E-state index < -0.39 is 0 Å². The molecule has 1 aromatic carbocycles. The first kappa shape index (κ1) is 15.5. The van der Waals surface area contributed by atoms with Crippen LogP contribution in [0.25, 0.3) is 28.4 Å². The third-order valence-electron chi connectivity index (χ3n) is 3.90. The number of aromatic nitrogens is 3. The molecular formula is C20H15N3OS. The van der Waals surface area contributed by atoms with E-state index in [2.05, 4.69) is 9.97 Å². The Morgan fingerprint density at radius 2 is 1.96 bits per heavy atom. The fourth-order valence-corrected chi connectivity index (χ4v) is 3.51. The molecule has 0 radical (unpaired) electrons. The Kier molecular flexibility index (Phi) is 3.99. The van der Waals surface area contributed by atoms with Crippen molar-refractivity contribution in [3.8, 4) is 11.3 Å². The highest BCUT2D eigenvalue weighted by atomic mass is 32.1. The van der Waals surface area contributed by atoms with E-state index in [1.807, 2.05) is 60.9 Å². The normalized spacial score (nSPS) is 11.4. The first-order chi connectivity index (χ1) is 12.2. The maximum atomic E-state index is 12.6. The highest BCUT2D eigenvalue weighted by molar-refractivity contribution is 7.15. The number of nitrogens with zero attached hydrogens (tertiary/aromatic N) is 3. The lowest BCUT2D eigenvalue weighted by molar-refractivity contribution is 1.08. The SMILES string of the molecule is Cc1ccc(-c2csc3nc(/C=C/c4cccnc4)cc(=O)n23)cc1. The van der Waals surface area contributed by atoms with Crippen LogP contribution in [-0.2, 0) is 0 Å². The van der Waals surface area contributed by atoms with Crippen molar-refractivity contribution in [3.05, 3.63) is 87.4 Å². The van der Waals surface area contributed by atoms with Gasteiger partial charge in [-0.25, -0.2) is 4.98 Å². The maximum Gasteiger partial charge on any atom is 0.259 e. The van der Waals surface area contributed by atoms with Gasteiger partial charge in [-0.1, -0.05) is 42.0 Å². The van der Waals surface area contributed by atoms with E-state index in [-0.39, 0.29) is 5.56 Å². The van der Waals surface area contributed by atoms with Crippen LogP contribution in [0.3, 0.4) is 0 Å². The molecule has 0 saturated carbocycles. The third kappa shape index (κ3) is 3.14. The monoisotopic (exact) mass is 345 g/mol. The molecule has 3 aromatic heterocycles. The van der Waals surface area contributed by atoms with Crippen LogP contribution in [0.4, 0.5) is 0 Å². The van der Waals surface area contributed by atoms with Gasteiger partial charge in [0.25, 0.3) is 5.56 Å². The minimum Gasteiger partial charge on any atom is -0.269 e. The molecule has 4 nitrogen and oxygen atoms in total. The third-order valence-corrected chi connectivity index (χ3v) is 4.73. The van der Waals surface area contributed by atoms with Crippen molar-refractivity contribution in [1.82, 2.24) is 14.4 Å². The van der Waals surface area contributed by atoms with Gasteiger partial charge in [0.1, 0.15) is 0 Å². The molecule has 0 aliphatic carbocycles. The minimum atomic E-state index is -0.0762. The second-order valence-corrected chi connectivity index (χ2v) is 6.58. The zero-order valence-electron chi connectivity index (χ0n) is 13.6. The predicted molar refractivity (Wildman–Crippen MR) is 103 cm³/mol. The second kappa shape index (κ2) is 6.45. The number of aryl methyl sites for hydroxylation is 1. The Bertz CT molecular complexity index is 1110. The molecule has 122 valence electrons. The lowest BCUT2D eigenvalue weighted by atomic mass is 10.1. The van der Waals surface area contributed by atoms with Gasteiger partial charge in [0.05, 0.1) is 11.4 Å². The number of hydrogen-bond donors (Lipinski definition) is 0. The molecule has 4 aromatic rings. The molecule has 0 unspecified atom stereocenters. The molecule has 0 N–H and O–H groups in total. The van der Waals surface area contributed by atoms with Crippen LogP contribution < -0.4 is 5.56 Å². The van der Waals surface area contributed by atoms with Crippen LogP contribution in [0.1, 0.15) is 16.8 Å². The highest BCUT2D eigenvalue weighted by Gasteiger charge is 2.10. The quantitative estimate of drug-likeness (QED) is 0.556. The first-order valence-electron chi connectivity index (χ1n) is 7.87. The first-order valence-corrected chi connectivity index (χ1v) is 8.75. The van der Waals surface area contributed by atoms with Crippen LogP contribution in [-0.4, -0.2) is 14.4 Å². The average molecular weight is 345 g/mol. The van der Waals surface area contributed by atoms with Gasteiger partial charge in [-0.15, -0.1) is 11.3 Å². The molecule has 0 saturated heterocycles. The van der Waals surface area contributed by atoms with Crippen molar-refractivity contribution in [2.45, 2.75) is 6.92 Å². The molecular weight excluding hydrogens is 330 g/mol. The van der Waals surface area contributed by atoms with E-state index in [9.17, 15) is 4.79 Å². The molecule has 0 bridgehead atoms. The van der Waals surface area contributed by atoms with Gasteiger partial charge in [-0.3, -0.25) is 14.2 Å². The largest absolute Gasteiger partial charge is 0.269 e. The lowest BCUT2D eigenvalue weighted by Gasteiger charge is -2.02. The summed E-state index contributed by atoms with van der Waals surface area (Å²) in [5.41, 5.74) is 4.62. The molecule has 5 heteroatoms. The Balaban J connectivity index is 1.76. The van der Waals surface area contributed by atoms with E-state index in [1.54, 1.807) is 22.9 Å². The van der Waals surface area contributed by atoms with Crippen molar-refractivity contribution in [3.63, 3.8) is 0 Å². The van der Waals surface area contributed by atoms with Crippen LogP contribution in [0, 0.1) is 6.92 Å². The Labute approximate surface area is 148 Å². The highest BCUT2D eigenvalue weighted by Crippen LogP contribution is 2.24. The summed E-state index contributed by atoms with van der Waals surface area (Å²) in [4.78, 5) is 22.0. The van der Waals surface area contributed by atoms with Gasteiger partial charge in [-0.05, 0) is 30.2 Å². The number of thiazole rings is 1. The Morgan fingerprint density at radius 3 is 2.72 bits per heavy atom. The predicted octanol–water partition coefficient (Wildman–Crippen LogP) is 4.30. The minimum absolute atomic E-state index is 0.0762. The molecule has 3 heterocycles. The van der Waals surface area contributed by atoms with Crippen molar-refractivity contribution in [2.75, 3.05) is 0 Å². The molecule has 0 amide bonds. The van der Waals surface area contributed by atoms with Crippen molar-refractivity contribution in [2.24, 2.45) is 0 Å². The summed E-state index contributed by atoms with van der Waals surface area (Å²) >= 11 is 1.47. The van der Waals surface area contributed by atoms with Crippen LogP contribution >= 0.6 is 11.3 Å². The molecule has 0 atom stereocenters. The van der Waals surface area contributed by atoms with Gasteiger partial charge in [0, 0.05) is 23.8 Å². The van der Waals surface area contributed by atoms with Gasteiger partial charge in [-0.2, -0.15) is 0 Å². The summed E-state index contributed by atoms with van der Waals surface area (Å²) in [5, 5.41) is 1.98. The summed E-state index contributed by atoms with van der Waals surface area (Å²) in [6.07, 6.45) is 7.23. The summed E-state index contributed by atoms with van der Waals surface area (Å²) in [6.45, 7) is 2.05. The summed E-state index contributed by atoms with van der Waals surface area (Å²) in [6, 6.07) is 13.5. The van der Waals surface area contributed by atoms with Crippen molar-refractivity contribution < 1.29 is 0 Å². The number of hydrogen-bond acceptors (Lipinski definition) is 4.